The maximum atomic E-state index is 13.6. The summed E-state index contributed by atoms with van der Waals surface area (Å²) in [6, 6.07) is 25.6. The lowest BCUT2D eigenvalue weighted by molar-refractivity contribution is -0.139. The Kier molecular flexibility index (Phi) is 10.4. The van der Waals surface area contributed by atoms with Crippen LogP contribution in [0.2, 0.25) is 0 Å². The number of hydrogen-bond acceptors (Lipinski definition) is 3. The Morgan fingerprint density at radius 2 is 1.51 bits per heavy atom. The van der Waals surface area contributed by atoms with Crippen molar-refractivity contribution in [3.05, 3.63) is 106 Å². The molecule has 0 heterocycles. The van der Waals surface area contributed by atoms with Crippen LogP contribution in [0.1, 0.15) is 36.1 Å². The topological polar surface area (TPSA) is 49.4 Å². The second-order valence-electron chi connectivity index (χ2n) is 9.00. The number of halogens is 1. The number of aryl methyl sites for hydroxylation is 1. The summed E-state index contributed by atoms with van der Waals surface area (Å²) >= 11 is 5.06. The predicted molar refractivity (Wildman–Crippen MR) is 149 cm³/mol. The van der Waals surface area contributed by atoms with Crippen molar-refractivity contribution >= 4 is 39.5 Å². The van der Waals surface area contributed by atoms with Crippen LogP contribution in [0.25, 0.3) is 0 Å². The van der Waals surface area contributed by atoms with Crippen molar-refractivity contribution in [3.63, 3.8) is 0 Å². The fourth-order valence-corrected chi connectivity index (χ4v) is 4.88. The van der Waals surface area contributed by atoms with Gasteiger partial charge in [0.05, 0.1) is 5.75 Å². The highest BCUT2D eigenvalue weighted by Gasteiger charge is 2.30. The lowest BCUT2D eigenvalue weighted by atomic mass is 10.0. The van der Waals surface area contributed by atoms with E-state index in [0.717, 1.165) is 21.4 Å². The first kappa shape index (κ1) is 27.0. The predicted octanol–water partition coefficient (Wildman–Crippen LogP) is 6.16. The third-order valence-corrected chi connectivity index (χ3v) is 7.10. The zero-order valence-electron chi connectivity index (χ0n) is 20.5. The summed E-state index contributed by atoms with van der Waals surface area (Å²) in [6.45, 7) is 6.32. The minimum atomic E-state index is -0.601. The fourth-order valence-electron chi connectivity index (χ4n) is 3.74. The van der Waals surface area contributed by atoms with E-state index in [9.17, 15) is 9.59 Å². The van der Waals surface area contributed by atoms with E-state index in [1.54, 1.807) is 16.7 Å². The molecule has 0 bridgehead atoms. The largest absolute Gasteiger partial charge is 0.352 e. The quantitative estimate of drug-likeness (QED) is 0.310. The molecule has 0 aliphatic carbocycles. The smallest absolute Gasteiger partial charge is 0.243 e. The van der Waals surface area contributed by atoms with Crippen LogP contribution >= 0.6 is 27.7 Å². The van der Waals surface area contributed by atoms with Gasteiger partial charge < -0.3 is 10.2 Å². The van der Waals surface area contributed by atoms with E-state index in [1.165, 1.54) is 11.1 Å². The zero-order chi connectivity index (χ0) is 25.2. The molecule has 3 aromatic rings. The molecule has 3 aromatic carbocycles. The van der Waals surface area contributed by atoms with E-state index >= 15 is 0 Å². The van der Waals surface area contributed by atoms with Crippen molar-refractivity contribution in [2.24, 2.45) is 0 Å². The van der Waals surface area contributed by atoms with Gasteiger partial charge in [-0.3, -0.25) is 9.59 Å². The van der Waals surface area contributed by atoms with Crippen LogP contribution in [0.15, 0.2) is 83.3 Å². The molecule has 184 valence electrons. The second kappa shape index (κ2) is 13.5. The van der Waals surface area contributed by atoms with Crippen molar-refractivity contribution in [2.45, 2.75) is 51.6 Å². The first-order valence-electron chi connectivity index (χ1n) is 11.8. The SMILES string of the molecule is Cc1ccc(CSCC(=O)N(Cc2ccc(Br)cc2)[C@H](Cc2ccccc2)C(=O)NC(C)C)cc1. The standard InChI is InChI=1S/C29H33BrN2O2S/c1-21(2)31-29(34)27(17-23-7-5-4-6-8-23)32(18-24-13-15-26(30)16-14-24)28(33)20-35-19-25-11-9-22(3)10-12-25/h4-16,21,27H,17-20H2,1-3H3,(H,31,34)/t27-/m1/s1. The van der Waals surface area contributed by atoms with Crippen molar-refractivity contribution < 1.29 is 9.59 Å². The number of hydrogen-bond donors (Lipinski definition) is 1. The first-order valence-corrected chi connectivity index (χ1v) is 13.8. The lowest BCUT2D eigenvalue weighted by Gasteiger charge is -2.32. The molecule has 0 aliphatic heterocycles. The van der Waals surface area contributed by atoms with Crippen molar-refractivity contribution in [1.82, 2.24) is 10.2 Å². The van der Waals surface area contributed by atoms with Gasteiger partial charge in [0.1, 0.15) is 6.04 Å². The summed E-state index contributed by atoms with van der Waals surface area (Å²) in [5.74, 6) is 0.896. The van der Waals surface area contributed by atoms with Crippen molar-refractivity contribution in [1.29, 1.82) is 0 Å². The summed E-state index contributed by atoms with van der Waals surface area (Å²) in [5, 5.41) is 3.03. The Balaban J connectivity index is 1.83. The Morgan fingerprint density at radius 1 is 0.886 bits per heavy atom. The van der Waals surface area contributed by atoms with E-state index in [-0.39, 0.29) is 17.9 Å². The highest BCUT2D eigenvalue weighted by Crippen LogP contribution is 2.20. The van der Waals surface area contributed by atoms with Gasteiger partial charge in [-0.25, -0.2) is 0 Å². The molecule has 0 aliphatic rings. The summed E-state index contributed by atoms with van der Waals surface area (Å²) < 4.78 is 0.978. The van der Waals surface area contributed by atoms with E-state index in [0.29, 0.717) is 18.7 Å². The normalized spacial score (nSPS) is 11.8. The Bertz CT molecular complexity index is 1090. The fraction of sp³-hybridized carbons (Fsp3) is 0.310. The van der Waals surface area contributed by atoms with Crippen molar-refractivity contribution in [3.8, 4) is 0 Å². The molecule has 0 saturated heterocycles. The van der Waals surface area contributed by atoms with Crippen molar-refractivity contribution in [2.75, 3.05) is 5.75 Å². The highest BCUT2D eigenvalue weighted by atomic mass is 79.9. The second-order valence-corrected chi connectivity index (χ2v) is 10.9. The number of rotatable bonds is 11. The Labute approximate surface area is 221 Å². The molecule has 2 amide bonds. The highest BCUT2D eigenvalue weighted by molar-refractivity contribution is 9.10. The minimum Gasteiger partial charge on any atom is -0.352 e. The van der Waals surface area contributed by atoms with E-state index in [4.69, 9.17) is 0 Å². The van der Waals surface area contributed by atoms with Gasteiger partial charge in [0.15, 0.2) is 0 Å². The number of benzene rings is 3. The van der Waals surface area contributed by atoms with Crippen LogP contribution in [0.4, 0.5) is 0 Å². The van der Waals surface area contributed by atoms with Gasteiger partial charge in [0.25, 0.3) is 0 Å². The van der Waals surface area contributed by atoms with Crippen LogP contribution in [-0.4, -0.2) is 34.6 Å². The van der Waals surface area contributed by atoms with E-state index in [2.05, 4.69) is 52.4 Å². The lowest BCUT2D eigenvalue weighted by Crippen LogP contribution is -2.52. The van der Waals surface area contributed by atoms with Gasteiger partial charge in [0, 0.05) is 29.2 Å². The van der Waals surface area contributed by atoms with Crippen LogP contribution in [0.5, 0.6) is 0 Å². The molecule has 0 fully saturated rings. The monoisotopic (exact) mass is 552 g/mol. The molecule has 0 saturated carbocycles. The average molecular weight is 554 g/mol. The molecule has 4 nitrogen and oxygen atoms in total. The molecule has 35 heavy (non-hydrogen) atoms. The Hall–Kier alpha value is -2.57. The molecular formula is C29H33BrN2O2S. The molecule has 6 heteroatoms. The summed E-state index contributed by atoms with van der Waals surface area (Å²) in [5.41, 5.74) is 4.42. The van der Waals surface area contributed by atoms with E-state index < -0.39 is 6.04 Å². The first-order chi connectivity index (χ1) is 16.8. The van der Waals surface area contributed by atoms with Gasteiger partial charge >= 0.3 is 0 Å². The number of carbonyl (C=O) groups excluding carboxylic acids is 2. The zero-order valence-corrected chi connectivity index (χ0v) is 22.9. The Morgan fingerprint density at radius 3 is 2.14 bits per heavy atom. The summed E-state index contributed by atoms with van der Waals surface area (Å²) in [7, 11) is 0. The maximum absolute atomic E-state index is 13.6. The molecule has 0 aromatic heterocycles. The third-order valence-electron chi connectivity index (χ3n) is 5.58. The number of thioether (sulfide) groups is 1. The minimum absolute atomic E-state index is 0.0127. The number of nitrogens with zero attached hydrogens (tertiary/aromatic N) is 1. The molecule has 1 atom stereocenters. The van der Waals surface area contributed by atoms with Crippen LogP contribution < -0.4 is 5.32 Å². The van der Waals surface area contributed by atoms with Gasteiger partial charge in [-0.05, 0) is 49.6 Å². The van der Waals surface area contributed by atoms with Gasteiger partial charge in [-0.2, -0.15) is 0 Å². The van der Waals surface area contributed by atoms with Crippen LogP contribution in [-0.2, 0) is 28.3 Å². The van der Waals surface area contributed by atoms with Crippen LogP contribution in [0.3, 0.4) is 0 Å². The number of carbonyl (C=O) groups is 2. The summed E-state index contributed by atoms with van der Waals surface area (Å²) in [6.07, 6.45) is 0.463. The number of amides is 2. The summed E-state index contributed by atoms with van der Waals surface area (Å²) in [4.78, 5) is 28.7. The molecular weight excluding hydrogens is 520 g/mol. The van der Waals surface area contributed by atoms with Gasteiger partial charge in [-0.1, -0.05) is 88.2 Å². The third kappa shape index (κ3) is 8.86. The molecule has 0 unspecified atom stereocenters. The van der Waals surface area contributed by atoms with Gasteiger partial charge in [0.2, 0.25) is 11.8 Å². The molecule has 0 spiro atoms. The van der Waals surface area contributed by atoms with Gasteiger partial charge in [-0.15, -0.1) is 11.8 Å². The molecule has 1 N–H and O–H groups in total. The molecule has 0 radical (unpaired) electrons. The molecule has 3 rings (SSSR count). The van der Waals surface area contributed by atoms with Crippen LogP contribution in [0, 0.1) is 6.92 Å². The maximum Gasteiger partial charge on any atom is 0.243 e. The number of nitrogens with one attached hydrogen (secondary N) is 1. The average Bonchev–Trinajstić information content (AvgIpc) is 2.84. The van der Waals surface area contributed by atoms with E-state index in [1.807, 2.05) is 68.4 Å².